The Labute approximate surface area is 127 Å². The minimum atomic E-state index is 0.481. The third-order valence-electron chi connectivity index (χ3n) is 2.90. The molecule has 0 saturated carbocycles. The predicted molar refractivity (Wildman–Crippen MR) is 84.7 cm³/mol. The fourth-order valence-corrected chi connectivity index (χ4v) is 2.36. The molecule has 19 heavy (non-hydrogen) atoms. The maximum atomic E-state index is 6.21. The van der Waals surface area contributed by atoms with Crippen molar-refractivity contribution in [1.29, 1.82) is 0 Å². The molecule has 0 saturated heterocycles. The molecule has 1 nitrogen and oxygen atoms in total. The molecule has 0 aliphatic heterocycles. The molecule has 0 aliphatic rings. The van der Waals surface area contributed by atoms with Gasteiger partial charge in [-0.3, -0.25) is 0 Å². The number of halogens is 2. The maximum absolute atomic E-state index is 6.21. The van der Waals surface area contributed by atoms with Gasteiger partial charge in [-0.1, -0.05) is 59.6 Å². The third kappa shape index (κ3) is 3.74. The molecule has 0 aromatic heterocycles. The van der Waals surface area contributed by atoms with E-state index in [1.165, 1.54) is 5.56 Å². The molecular weight excluding hydrogens is 324 g/mol. The van der Waals surface area contributed by atoms with E-state index in [0.717, 1.165) is 16.6 Å². The lowest BCUT2D eigenvalue weighted by Crippen LogP contribution is -1.90. The van der Waals surface area contributed by atoms with E-state index in [2.05, 4.69) is 41.9 Å². The maximum Gasteiger partial charge on any atom is 0.146 e. The van der Waals surface area contributed by atoms with Crippen LogP contribution in [0.3, 0.4) is 0 Å². The van der Waals surface area contributed by atoms with Crippen LogP contribution in [0.15, 0.2) is 42.5 Å². The first-order valence-electron chi connectivity index (χ1n) is 6.22. The number of hydrogen-bond acceptors (Lipinski definition) is 1. The summed E-state index contributed by atoms with van der Waals surface area (Å²) < 4.78 is 5.85. The van der Waals surface area contributed by atoms with Gasteiger partial charge in [0.05, 0.1) is 5.02 Å². The molecule has 0 spiro atoms. The topological polar surface area (TPSA) is 9.23 Å². The van der Waals surface area contributed by atoms with E-state index in [0.29, 0.717) is 16.7 Å². The zero-order valence-corrected chi connectivity index (χ0v) is 13.3. The van der Waals surface area contributed by atoms with Gasteiger partial charge in [0.2, 0.25) is 0 Å². The average molecular weight is 340 g/mol. The lowest BCUT2D eigenvalue weighted by Gasteiger charge is -2.11. The van der Waals surface area contributed by atoms with Crippen molar-refractivity contribution >= 4 is 27.5 Å². The summed E-state index contributed by atoms with van der Waals surface area (Å²) in [4.78, 5) is 0. The Bertz CT molecular complexity index is 566. The molecule has 2 rings (SSSR count). The van der Waals surface area contributed by atoms with Crippen molar-refractivity contribution in [2.24, 2.45) is 0 Å². The van der Waals surface area contributed by atoms with Gasteiger partial charge in [-0.05, 0) is 41.3 Å². The minimum Gasteiger partial charge on any atom is -0.456 e. The Hall–Kier alpha value is -0.990. The Kier molecular flexibility index (Phi) is 4.89. The van der Waals surface area contributed by atoms with Crippen LogP contribution in [0.25, 0.3) is 0 Å². The second kappa shape index (κ2) is 6.44. The summed E-state index contributed by atoms with van der Waals surface area (Å²) in [5.74, 6) is 1.99. The van der Waals surface area contributed by atoms with Gasteiger partial charge in [-0.25, -0.2) is 0 Å². The van der Waals surface area contributed by atoms with E-state index in [9.17, 15) is 0 Å². The van der Waals surface area contributed by atoms with Gasteiger partial charge in [-0.2, -0.15) is 0 Å². The number of alkyl halides is 1. The van der Waals surface area contributed by atoms with Gasteiger partial charge < -0.3 is 4.74 Å². The molecule has 3 heteroatoms. The molecule has 0 amide bonds. The van der Waals surface area contributed by atoms with Gasteiger partial charge in [-0.15, -0.1) is 0 Å². The molecule has 0 radical (unpaired) electrons. The van der Waals surface area contributed by atoms with E-state index in [1.807, 2.05) is 30.3 Å². The van der Waals surface area contributed by atoms with Gasteiger partial charge in [0.1, 0.15) is 11.5 Å². The minimum absolute atomic E-state index is 0.481. The van der Waals surface area contributed by atoms with Crippen molar-refractivity contribution in [3.05, 3.63) is 58.6 Å². The van der Waals surface area contributed by atoms with Crippen LogP contribution in [-0.4, -0.2) is 0 Å². The molecule has 0 fully saturated rings. The Morgan fingerprint density at radius 2 is 1.95 bits per heavy atom. The Morgan fingerprint density at radius 1 is 1.16 bits per heavy atom. The zero-order valence-electron chi connectivity index (χ0n) is 11.0. The van der Waals surface area contributed by atoms with Crippen molar-refractivity contribution in [1.82, 2.24) is 0 Å². The zero-order chi connectivity index (χ0) is 13.8. The predicted octanol–water partition coefficient (Wildman–Crippen LogP) is 6.15. The Morgan fingerprint density at radius 3 is 2.58 bits per heavy atom. The molecule has 0 unspecified atom stereocenters. The summed E-state index contributed by atoms with van der Waals surface area (Å²) in [6.45, 7) is 4.33. The van der Waals surface area contributed by atoms with Crippen LogP contribution in [-0.2, 0) is 5.33 Å². The summed E-state index contributed by atoms with van der Waals surface area (Å²) in [7, 11) is 0. The van der Waals surface area contributed by atoms with E-state index in [4.69, 9.17) is 16.3 Å². The quantitative estimate of drug-likeness (QED) is 0.607. The van der Waals surface area contributed by atoms with Gasteiger partial charge in [0.15, 0.2) is 0 Å². The van der Waals surface area contributed by atoms with Crippen molar-refractivity contribution < 1.29 is 4.74 Å². The Balaban J connectivity index is 2.23. The highest BCUT2D eigenvalue weighted by atomic mass is 79.9. The van der Waals surface area contributed by atoms with Crippen molar-refractivity contribution in [2.75, 3.05) is 0 Å². The summed E-state index contributed by atoms with van der Waals surface area (Å²) >= 11 is 9.62. The van der Waals surface area contributed by atoms with Crippen LogP contribution in [0.4, 0.5) is 0 Å². The van der Waals surface area contributed by atoms with E-state index in [-0.39, 0.29) is 0 Å². The highest BCUT2D eigenvalue weighted by molar-refractivity contribution is 9.08. The number of hydrogen-bond donors (Lipinski definition) is 0. The summed E-state index contributed by atoms with van der Waals surface area (Å²) in [5, 5.41) is 1.42. The molecule has 2 aromatic carbocycles. The fraction of sp³-hybridized carbons (Fsp3) is 0.250. The summed E-state index contributed by atoms with van der Waals surface area (Å²) in [6, 6.07) is 13.9. The molecular formula is C16H16BrClO. The number of benzene rings is 2. The highest BCUT2D eigenvalue weighted by Crippen LogP contribution is 2.31. The number of rotatable bonds is 4. The first-order chi connectivity index (χ1) is 9.10. The average Bonchev–Trinajstić information content (AvgIpc) is 2.41. The van der Waals surface area contributed by atoms with E-state index >= 15 is 0 Å². The summed E-state index contributed by atoms with van der Waals surface area (Å²) in [6.07, 6.45) is 0. The van der Waals surface area contributed by atoms with Gasteiger partial charge in [0.25, 0.3) is 0 Å². The lowest BCUT2D eigenvalue weighted by molar-refractivity contribution is 0.481. The molecule has 0 bridgehead atoms. The molecule has 2 aromatic rings. The van der Waals surface area contributed by atoms with Crippen LogP contribution in [0.5, 0.6) is 11.5 Å². The standard InChI is InChI=1S/C16H16BrClO/c1-11(2)13-4-3-5-14(9-13)19-16-7-6-12(10-17)8-15(16)18/h3-9,11H,10H2,1-2H3. The SMILES string of the molecule is CC(C)c1cccc(Oc2ccc(CBr)cc2Cl)c1. The number of ether oxygens (including phenoxy) is 1. The summed E-state index contributed by atoms with van der Waals surface area (Å²) in [5.41, 5.74) is 2.39. The van der Waals surface area contributed by atoms with Gasteiger partial charge in [0, 0.05) is 5.33 Å². The third-order valence-corrected chi connectivity index (χ3v) is 3.85. The van der Waals surface area contributed by atoms with Crippen molar-refractivity contribution in [3.63, 3.8) is 0 Å². The first-order valence-corrected chi connectivity index (χ1v) is 7.72. The smallest absolute Gasteiger partial charge is 0.146 e. The fourth-order valence-electron chi connectivity index (χ4n) is 1.77. The van der Waals surface area contributed by atoms with Crippen LogP contribution in [0.1, 0.15) is 30.9 Å². The van der Waals surface area contributed by atoms with E-state index < -0.39 is 0 Å². The monoisotopic (exact) mass is 338 g/mol. The van der Waals surface area contributed by atoms with Crippen molar-refractivity contribution in [3.8, 4) is 11.5 Å². The normalized spacial score (nSPS) is 10.8. The van der Waals surface area contributed by atoms with Crippen LogP contribution < -0.4 is 4.74 Å². The molecule has 0 atom stereocenters. The first kappa shape index (κ1) is 14.4. The molecule has 0 N–H and O–H groups in total. The van der Waals surface area contributed by atoms with Crippen LogP contribution >= 0.6 is 27.5 Å². The molecule has 0 aliphatic carbocycles. The largest absolute Gasteiger partial charge is 0.456 e. The van der Waals surface area contributed by atoms with E-state index in [1.54, 1.807) is 0 Å². The second-order valence-electron chi connectivity index (χ2n) is 4.73. The second-order valence-corrected chi connectivity index (χ2v) is 5.70. The molecule has 0 heterocycles. The lowest BCUT2D eigenvalue weighted by atomic mass is 10.0. The highest BCUT2D eigenvalue weighted by Gasteiger charge is 2.06. The van der Waals surface area contributed by atoms with Crippen molar-refractivity contribution in [2.45, 2.75) is 25.1 Å². The van der Waals surface area contributed by atoms with Crippen LogP contribution in [0.2, 0.25) is 5.02 Å². The van der Waals surface area contributed by atoms with Crippen LogP contribution in [0, 0.1) is 0 Å². The molecule has 100 valence electrons. The van der Waals surface area contributed by atoms with Gasteiger partial charge >= 0.3 is 0 Å².